The summed E-state index contributed by atoms with van der Waals surface area (Å²) in [6, 6.07) is 0. The molecule has 0 aliphatic carbocycles. The van der Waals surface area contributed by atoms with E-state index in [2.05, 4.69) is 38.7 Å². The summed E-state index contributed by atoms with van der Waals surface area (Å²) in [5, 5.41) is 9.77. The second-order valence-corrected chi connectivity index (χ2v) is 10.5. The lowest BCUT2D eigenvalue weighted by Gasteiger charge is -2.18. The number of rotatable bonds is 11. The van der Waals surface area contributed by atoms with Crippen LogP contribution in [-0.2, 0) is 4.43 Å². The molecule has 0 radical (unpaired) electrons. The molecular formula is C15H32O2Si. The molecule has 0 saturated heterocycles. The molecule has 0 aromatic carbocycles. The largest absolute Gasteiger partial charge is 0.418 e. The van der Waals surface area contributed by atoms with Crippen LogP contribution in [0.4, 0.5) is 0 Å². The first-order valence-electron chi connectivity index (χ1n) is 7.42. The van der Waals surface area contributed by atoms with Crippen molar-refractivity contribution in [3.63, 3.8) is 0 Å². The second-order valence-electron chi connectivity index (χ2n) is 5.96. The normalized spacial score (nSPS) is 14.3. The minimum atomic E-state index is -1.41. The first-order valence-corrected chi connectivity index (χ1v) is 10.8. The van der Waals surface area contributed by atoms with Crippen molar-refractivity contribution in [1.29, 1.82) is 0 Å². The molecule has 0 bridgehead atoms. The Bertz CT molecular complexity index is 209. The molecule has 108 valence electrons. The second kappa shape index (κ2) is 10.8. The Hall–Kier alpha value is -0.123. The summed E-state index contributed by atoms with van der Waals surface area (Å²) < 4.78 is 5.73. The van der Waals surface area contributed by atoms with Crippen LogP contribution in [0.3, 0.4) is 0 Å². The van der Waals surface area contributed by atoms with E-state index in [1.165, 1.54) is 25.7 Å². The molecule has 1 atom stereocenters. The average molecular weight is 273 g/mol. The van der Waals surface area contributed by atoms with Crippen LogP contribution in [0.5, 0.6) is 0 Å². The molecule has 0 aromatic heterocycles. The van der Waals surface area contributed by atoms with E-state index in [9.17, 15) is 5.11 Å². The number of allylic oxidation sites excluding steroid dienone is 1. The van der Waals surface area contributed by atoms with Crippen molar-refractivity contribution >= 4 is 8.32 Å². The van der Waals surface area contributed by atoms with Crippen molar-refractivity contribution in [2.24, 2.45) is 0 Å². The summed E-state index contributed by atoms with van der Waals surface area (Å²) in [7, 11) is -1.41. The van der Waals surface area contributed by atoms with Crippen LogP contribution in [0, 0.1) is 0 Å². The Balaban J connectivity index is 3.41. The summed E-state index contributed by atoms with van der Waals surface area (Å²) in [6.07, 6.45) is 12.0. The fourth-order valence-corrected chi connectivity index (χ4v) is 2.41. The van der Waals surface area contributed by atoms with E-state index < -0.39 is 8.32 Å². The van der Waals surface area contributed by atoms with Crippen molar-refractivity contribution in [1.82, 2.24) is 0 Å². The van der Waals surface area contributed by atoms with Gasteiger partial charge in [-0.3, -0.25) is 0 Å². The maximum atomic E-state index is 9.77. The van der Waals surface area contributed by atoms with E-state index in [1.807, 2.05) is 0 Å². The van der Waals surface area contributed by atoms with Gasteiger partial charge in [-0.2, -0.15) is 0 Å². The molecule has 0 spiro atoms. The van der Waals surface area contributed by atoms with Crippen LogP contribution in [-0.4, -0.2) is 26.1 Å². The predicted molar refractivity (Wildman–Crippen MR) is 82.4 cm³/mol. The van der Waals surface area contributed by atoms with Gasteiger partial charge in [0.05, 0.1) is 6.10 Å². The Labute approximate surface area is 115 Å². The molecule has 0 fully saturated rings. The summed E-state index contributed by atoms with van der Waals surface area (Å²) in [6.45, 7) is 9.46. The third kappa shape index (κ3) is 13.9. The highest BCUT2D eigenvalue weighted by Gasteiger charge is 2.14. The van der Waals surface area contributed by atoms with Crippen molar-refractivity contribution < 1.29 is 9.53 Å². The molecule has 0 heterocycles. The molecule has 0 aliphatic rings. The lowest BCUT2D eigenvalue weighted by atomic mass is 10.1. The van der Waals surface area contributed by atoms with E-state index in [0.717, 1.165) is 19.3 Å². The van der Waals surface area contributed by atoms with Gasteiger partial charge in [0, 0.05) is 6.61 Å². The highest BCUT2D eigenvalue weighted by atomic mass is 28.4. The van der Waals surface area contributed by atoms with Crippen molar-refractivity contribution in [3.05, 3.63) is 12.2 Å². The van der Waals surface area contributed by atoms with Gasteiger partial charge in [-0.15, -0.1) is 0 Å². The Morgan fingerprint density at radius 3 is 2.44 bits per heavy atom. The minimum Gasteiger partial charge on any atom is -0.418 e. The lowest BCUT2D eigenvalue weighted by Crippen LogP contribution is -2.27. The standard InChI is InChI=1S/C15H32O2Si/c1-5-6-7-8-9-10-11-12-15(16)13-14-17-18(2,3)4/h10-11,15-16H,5-9,12-14H2,1-4H3. The molecule has 1 N–H and O–H groups in total. The van der Waals surface area contributed by atoms with Gasteiger partial charge in [0.2, 0.25) is 0 Å². The molecule has 3 heteroatoms. The van der Waals surface area contributed by atoms with Gasteiger partial charge >= 0.3 is 0 Å². The third-order valence-corrected chi connectivity index (χ3v) is 3.86. The average Bonchev–Trinajstić information content (AvgIpc) is 2.26. The molecule has 1 unspecified atom stereocenters. The number of aliphatic hydroxyl groups excluding tert-OH is 1. The summed E-state index contributed by atoms with van der Waals surface area (Å²) >= 11 is 0. The molecule has 0 rings (SSSR count). The quantitative estimate of drug-likeness (QED) is 0.341. The number of hydrogen-bond donors (Lipinski definition) is 1. The Kier molecular flexibility index (Phi) is 10.7. The lowest BCUT2D eigenvalue weighted by molar-refractivity contribution is 0.140. The smallest absolute Gasteiger partial charge is 0.183 e. The van der Waals surface area contributed by atoms with E-state index in [0.29, 0.717) is 6.61 Å². The van der Waals surface area contributed by atoms with Gasteiger partial charge in [0.1, 0.15) is 0 Å². The van der Waals surface area contributed by atoms with Gasteiger partial charge in [-0.05, 0) is 45.3 Å². The van der Waals surface area contributed by atoms with Crippen LogP contribution < -0.4 is 0 Å². The number of unbranched alkanes of at least 4 members (excludes halogenated alkanes) is 4. The fraction of sp³-hybridized carbons (Fsp3) is 0.867. The van der Waals surface area contributed by atoms with Crippen molar-refractivity contribution in [2.45, 2.75) is 77.6 Å². The molecule has 18 heavy (non-hydrogen) atoms. The molecule has 2 nitrogen and oxygen atoms in total. The van der Waals surface area contributed by atoms with E-state index in [1.54, 1.807) is 0 Å². The van der Waals surface area contributed by atoms with Crippen LogP contribution >= 0.6 is 0 Å². The zero-order chi connectivity index (χ0) is 13.9. The Morgan fingerprint density at radius 1 is 1.11 bits per heavy atom. The SMILES string of the molecule is CCCCCCC=CCC(O)CCO[Si](C)(C)C. The molecule has 0 amide bonds. The minimum absolute atomic E-state index is 0.242. The van der Waals surface area contributed by atoms with Gasteiger partial charge in [-0.25, -0.2) is 0 Å². The zero-order valence-electron chi connectivity index (χ0n) is 12.7. The van der Waals surface area contributed by atoms with Gasteiger partial charge in [-0.1, -0.05) is 38.3 Å². The summed E-state index contributed by atoms with van der Waals surface area (Å²) in [4.78, 5) is 0. The topological polar surface area (TPSA) is 29.5 Å². The number of aliphatic hydroxyl groups is 1. The maximum absolute atomic E-state index is 9.77. The van der Waals surface area contributed by atoms with Crippen molar-refractivity contribution in [2.75, 3.05) is 6.61 Å². The van der Waals surface area contributed by atoms with Crippen molar-refractivity contribution in [3.8, 4) is 0 Å². The zero-order valence-corrected chi connectivity index (χ0v) is 13.7. The predicted octanol–water partition coefficient (Wildman–Crippen LogP) is 4.51. The monoisotopic (exact) mass is 272 g/mol. The summed E-state index contributed by atoms with van der Waals surface area (Å²) in [5.74, 6) is 0. The fourth-order valence-electron chi connectivity index (χ4n) is 1.68. The number of hydrogen-bond acceptors (Lipinski definition) is 2. The van der Waals surface area contributed by atoms with E-state index in [4.69, 9.17) is 4.43 Å². The first-order chi connectivity index (χ1) is 8.45. The van der Waals surface area contributed by atoms with E-state index >= 15 is 0 Å². The van der Waals surface area contributed by atoms with Crippen LogP contribution in [0.25, 0.3) is 0 Å². The van der Waals surface area contributed by atoms with Gasteiger partial charge < -0.3 is 9.53 Å². The Morgan fingerprint density at radius 2 is 1.83 bits per heavy atom. The maximum Gasteiger partial charge on any atom is 0.183 e. The highest BCUT2D eigenvalue weighted by Crippen LogP contribution is 2.07. The third-order valence-electron chi connectivity index (χ3n) is 2.79. The van der Waals surface area contributed by atoms with Crippen LogP contribution in [0.15, 0.2) is 12.2 Å². The molecule has 0 aliphatic heterocycles. The summed E-state index contributed by atoms with van der Waals surface area (Å²) in [5.41, 5.74) is 0. The van der Waals surface area contributed by atoms with Crippen LogP contribution in [0.1, 0.15) is 51.9 Å². The van der Waals surface area contributed by atoms with Crippen LogP contribution in [0.2, 0.25) is 19.6 Å². The molecule has 0 aromatic rings. The molecule has 0 saturated carbocycles. The van der Waals surface area contributed by atoms with Gasteiger partial charge in [0.15, 0.2) is 8.32 Å². The molecular weight excluding hydrogens is 240 g/mol. The highest BCUT2D eigenvalue weighted by molar-refractivity contribution is 6.69. The first kappa shape index (κ1) is 17.9. The van der Waals surface area contributed by atoms with E-state index in [-0.39, 0.29) is 6.10 Å². The van der Waals surface area contributed by atoms with Gasteiger partial charge in [0.25, 0.3) is 0 Å².